The van der Waals surface area contributed by atoms with E-state index in [1.807, 2.05) is 63.2 Å². The largest absolute Gasteiger partial charge is 0.493 e. The predicted molar refractivity (Wildman–Crippen MR) is 194 cm³/mol. The van der Waals surface area contributed by atoms with Gasteiger partial charge in [-0.2, -0.15) is 5.10 Å². The predicted octanol–water partition coefficient (Wildman–Crippen LogP) is 3.10. The third-order valence-corrected chi connectivity index (χ3v) is 9.06. The topological polar surface area (TPSA) is 160 Å². The normalized spacial score (nSPS) is 18.6. The molecule has 0 fully saturated rings. The van der Waals surface area contributed by atoms with E-state index in [2.05, 4.69) is 21.0 Å². The number of nitrogens with one attached hydrogen (secondary N) is 3. The van der Waals surface area contributed by atoms with E-state index in [1.54, 1.807) is 38.2 Å². The van der Waals surface area contributed by atoms with E-state index in [0.29, 0.717) is 74.0 Å². The average molecular weight is 705 g/mol. The molecule has 0 saturated carbocycles. The van der Waals surface area contributed by atoms with Crippen LogP contribution in [0, 0.1) is 5.92 Å². The fourth-order valence-corrected chi connectivity index (χ4v) is 5.94. The van der Waals surface area contributed by atoms with Gasteiger partial charge < -0.3 is 35.2 Å². The van der Waals surface area contributed by atoms with Crippen LogP contribution in [0.4, 0.5) is 5.69 Å². The van der Waals surface area contributed by atoms with Crippen molar-refractivity contribution in [1.82, 2.24) is 35.6 Å². The first-order chi connectivity index (χ1) is 24.4. The van der Waals surface area contributed by atoms with E-state index in [1.165, 1.54) is 4.68 Å². The first kappa shape index (κ1) is 38.7. The molecular formula is C37H52N8O6. The Kier molecular flexibility index (Phi) is 13.8. The molecule has 0 bridgehead atoms. The summed E-state index contributed by atoms with van der Waals surface area (Å²) in [6, 6.07) is 11.5. The van der Waals surface area contributed by atoms with Crippen molar-refractivity contribution in [1.29, 1.82) is 0 Å². The van der Waals surface area contributed by atoms with E-state index in [-0.39, 0.29) is 42.5 Å². The fourth-order valence-electron chi connectivity index (χ4n) is 5.94. The van der Waals surface area contributed by atoms with Gasteiger partial charge in [0, 0.05) is 57.8 Å². The SMILES string of the molecule is CC[C@H](C)[C@@H]1NC(=O)CCCN(C(=O)c2cccc(N(C)C)c2)CCCNC(=O)Cn2nc(Cc3ccc(OC)c(OC)c3)nc2[C@@H](C)NC1=O. The zero-order valence-corrected chi connectivity index (χ0v) is 30.8. The number of anilines is 1. The van der Waals surface area contributed by atoms with Gasteiger partial charge in [-0.1, -0.05) is 32.4 Å². The maximum atomic E-state index is 13.7. The Hall–Kier alpha value is -5.14. The monoisotopic (exact) mass is 704 g/mol. The van der Waals surface area contributed by atoms with E-state index >= 15 is 0 Å². The molecule has 0 aliphatic carbocycles. The lowest BCUT2D eigenvalue weighted by atomic mass is 9.97. The third-order valence-electron chi connectivity index (χ3n) is 9.06. The number of methoxy groups -OCH3 is 2. The molecule has 0 spiro atoms. The van der Waals surface area contributed by atoms with Crippen molar-refractivity contribution in [2.75, 3.05) is 52.8 Å². The molecule has 4 rings (SSSR count). The van der Waals surface area contributed by atoms with E-state index in [4.69, 9.17) is 14.5 Å². The highest BCUT2D eigenvalue weighted by Crippen LogP contribution is 2.28. The number of rotatable bonds is 8. The maximum absolute atomic E-state index is 13.7. The van der Waals surface area contributed by atoms with Gasteiger partial charge in [-0.25, -0.2) is 9.67 Å². The number of carbonyl (C=O) groups is 4. The molecule has 276 valence electrons. The van der Waals surface area contributed by atoms with Gasteiger partial charge in [0.1, 0.15) is 18.4 Å². The van der Waals surface area contributed by atoms with Crippen LogP contribution in [0.3, 0.4) is 0 Å². The molecule has 1 aliphatic heterocycles. The average Bonchev–Trinajstić information content (AvgIpc) is 3.51. The molecule has 3 atom stereocenters. The summed E-state index contributed by atoms with van der Waals surface area (Å²) in [6.07, 6.45) is 2.06. The number of ether oxygens (including phenoxy) is 2. The quantitative estimate of drug-likeness (QED) is 0.320. The Balaban J connectivity index is 1.60. The summed E-state index contributed by atoms with van der Waals surface area (Å²) >= 11 is 0. The Morgan fingerprint density at radius 2 is 1.75 bits per heavy atom. The Morgan fingerprint density at radius 1 is 1.00 bits per heavy atom. The van der Waals surface area contributed by atoms with E-state index < -0.39 is 12.1 Å². The molecule has 51 heavy (non-hydrogen) atoms. The molecule has 3 aromatic rings. The minimum atomic E-state index is -0.791. The minimum absolute atomic E-state index is 0.125. The molecule has 1 aliphatic rings. The Morgan fingerprint density at radius 3 is 2.45 bits per heavy atom. The van der Waals surface area contributed by atoms with Crippen LogP contribution >= 0.6 is 0 Å². The van der Waals surface area contributed by atoms with Crippen LogP contribution in [0.1, 0.15) is 80.1 Å². The number of hydrogen-bond donors (Lipinski definition) is 3. The zero-order valence-electron chi connectivity index (χ0n) is 30.8. The number of nitrogens with zero attached hydrogens (tertiary/aromatic N) is 5. The van der Waals surface area contributed by atoms with Crippen molar-refractivity contribution in [3.05, 3.63) is 65.2 Å². The molecule has 0 radical (unpaired) electrons. The lowest BCUT2D eigenvalue weighted by Crippen LogP contribution is -2.51. The summed E-state index contributed by atoms with van der Waals surface area (Å²) < 4.78 is 12.3. The second kappa shape index (κ2) is 18.2. The summed E-state index contributed by atoms with van der Waals surface area (Å²) in [5, 5.41) is 13.6. The van der Waals surface area contributed by atoms with Gasteiger partial charge >= 0.3 is 0 Å². The van der Waals surface area contributed by atoms with Gasteiger partial charge in [0.25, 0.3) is 5.91 Å². The second-order valence-electron chi connectivity index (χ2n) is 13.1. The highest BCUT2D eigenvalue weighted by Gasteiger charge is 2.29. The van der Waals surface area contributed by atoms with Gasteiger partial charge in [0.15, 0.2) is 17.3 Å². The standard InChI is InChI=1S/C37H52N8O6/c1-8-24(2)34-36(48)39-25(3)35-40-31(21-26-15-16-29(50-6)30(20-26)51-7)42-45(35)23-33(47)38-17-11-19-44(18-10-14-32(46)41-34)37(49)27-12-9-13-28(22-27)43(4)5/h9,12-13,15-16,20,22,24-25,34H,8,10-11,14,17-19,21,23H2,1-7H3,(H,38,47)(H,39,48)(H,41,46)/t24-,25+,34-/m0/s1. The molecule has 3 N–H and O–H groups in total. The molecule has 2 aromatic carbocycles. The number of amides is 4. The van der Waals surface area contributed by atoms with Crippen molar-refractivity contribution in [2.45, 2.75) is 71.5 Å². The summed E-state index contributed by atoms with van der Waals surface area (Å²) in [4.78, 5) is 62.2. The second-order valence-corrected chi connectivity index (χ2v) is 13.1. The molecular weight excluding hydrogens is 652 g/mol. The van der Waals surface area contributed by atoms with Crippen molar-refractivity contribution in [2.24, 2.45) is 5.92 Å². The van der Waals surface area contributed by atoms with Gasteiger partial charge in [0.05, 0.1) is 20.3 Å². The highest BCUT2D eigenvalue weighted by atomic mass is 16.5. The zero-order chi connectivity index (χ0) is 37.1. The summed E-state index contributed by atoms with van der Waals surface area (Å²) in [5.41, 5.74) is 2.31. The van der Waals surface area contributed by atoms with Crippen molar-refractivity contribution < 1.29 is 28.7 Å². The molecule has 0 saturated heterocycles. The van der Waals surface area contributed by atoms with Gasteiger partial charge in [0.2, 0.25) is 17.7 Å². The van der Waals surface area contributed by atoms with Gasteiger partial charge in [-0.05, 0) is 61.6 Å². The maximum Gasteiger partial charge on any atom is 0.253 e. The lowest BCUT2D eigenvalue weighted by molar-refractivity contribution is -0.130. The highest BCUT2D eigenvalue weighted by molar-refractivity contribution is 5.95. The molecule has 1 aromatic heterocycles. The minimum Gasteiger partial charge on any atom is -0.493 e. The van der Waals surface area contributed by atoms with Crippen LogP contribution in [-0.2, 0) is 27.3 Å². The van der Waals surface area contributed by atoms with E-state index in [9.17, 15) is 19.2 Å². The molecule has 2 heterocycles. The number of fused-ring (bicyclic) bond motifs is 1. The summed E-state index contributed by atoms with van der Waals surface area (Å²) in [5.74, 6) is 0.815. The van der Waals surface area contributed by atoms with Gasteiger partial charge in [-0.3, -0.25) is 19.2 Å². The van der Waals surface area contributed by atoms with Crippen LogP contribution in [-0.4, -0.2) is 97.3 Å². The summed E-state index contributed by atoms with van der Waals surface area (Å²) in [7, 11) is 6.96. The van der Waals surface area contributed by atoms with Crippen LogP contribution < -0.4 is 30.3 Å². The van der Waals surface area contributed by atoms with Gasteiger partial charge in [-0.15, -0.1) is 0 Å². The smallest absolute Gasteiger partial charge is 0.253 e. The van der Waals surface area contributed by atoms with Crippen LogP contribution in [0.5, 0.6) is 11.5 Å². The number of benzene rings is 2. The molecule has 14 heteroatoms. The van der Waals surface area contributed by atoms with Crippen molar-refractivity contribution in [3.63, 3.8) is 0 Å². The van der Waals surface area contributed by atoms with Crippen molar-refractivity contribution >= 4 is 29.3 Å². The van der Waals surface area contributed by atoms with Crippen LogP contribution in [0.2, 0.25) is 0 Å². The lowest BCUT2D eigenvalue weighted by Gasteiger charge is -2.26. The van der Waals surface area contributed by atoms with E-state index in [0.717, 1.165) is 11.3 Å². The first-order valence-corrected chi connectivity index (χ1v) is 17.5. The van der Waals surface area contributed by atoms with Crippen LogP contribution in [0.25, 0.3) is 0 Å². The van der Waals surface area contributed by atoms with Crippen molar-refractivity contribution in [3.8, 4) is 11.5 Å². The molecule has 0 unspecified atom stereocenters. The Bertz CT molecular complexity index is 1670. The molecule has 4 amide bonds. The third kappa shape index (κ3) is 10.4. The number of carbonyl (C=O) groups excluding carboxylic acids is 4. The summed E-state index contributed by atoms with van der Waals surface area (Å²) in [6.45, 7) is 6.58. The number of aromatic nitrogens is 3. The molecule has 14 nitrogen and oxygen atoms in total. The fraction of sp³-hybridized carbons (Fsp3) is 0.514. The first-order valence-electron chi connectivity index (χ1n) is 17.5. The van der Waals surface area contributed by atoms with Crippen LogP contribution in [0.15, 0.2) is 42.5 Å². The Labute approximate surface area is 300 Å². The number of hydrogen-bond acceptors (Lipinski definition) is 9.